The molecule has 0 aromatic carbocycles. The maximum absolute atomic E-state index is 12.2. The molecule has 0 unspecified atom stereocenters. The first kappa shape index (κ1) is 17.5. The van der Waals surface area contributed by atoms with Gasteiger partial charge in [-0.15, -0.1) is 5.10 Å². The summed E-state index contributed by atoms with van der Waals surface area (Å²) in [5.41, 5.74) is 1.46. The van der Waals surface area contributed by atoms with Crippen LogP contribution in [0.2, 0.25) is 0 Å². The average Bonchev–Trinajstić information content (AvgIpc) is 3.43. The number of carbonyl (C=O) groups excluding carboxylic acids is 1. The summed E-state index contributed by atoms with van der Waals surface area (Å²) in [7, 11) is 0. The maximum Gasteiger partial charge on any atom is 0.247 e. The van der Waals surface area contributed by atoms with Crippen molar-refractivity contribution in [1.29, 1.82) is 0 Å². The van der Waals surface area contributed by atoms with E-state index in [2.05, 4.69) is 35.7 Å². The lowest BCUT2D eigenvalue weighted by Crippen LogP contribution is -2.19. The van der Waals surface area contributed by atoms with Gasteiger partial charge in [-0.05, 0) is 19.9 Å². The summed E-state index contributed by atoms with van der Waals surface area (Å²) >= 11 is 0. The van der Waals surface area contributed by atoms with Crippen molar-refractivity contribution in [3.8, 4) is 17.1 Å². The quantitative estimate of drug-likeness (QED) is 0.537. The Kier molecular flexibility index (Phi) is 4.62. The first-order valence-corrected chi connectivity index (χ1v) is 8.65. The molecule has 4 aromatic rings. The molecule has 11 nitrogen and oxygen atoms in total. The normalized spacial score (nSPS) is 11.1. The van der Waals surface area contributed by atoms with E-state index in [1.54, 1.807) is 35.5 Å². The predicted molar refractivity (Wildman–Crippen MR) is 99.4 cm³/mol. The fraction of sp³-hybridized carbons (Fsp3) is 0.235. The van der Waals surface area contributed by atoms with E-state index in [4.69, 9.17) is 0 Å². The molecule has 0 radical (unpaired) electrons. The maximum atomic E-state index is 12.2. The Labute approximate surface area is 160 Å². The Morgan fingerprint density at radius 1 is 1.18 bits per heavy atom. The fourth-order valence-corrected chi connectivity index (χ4v) is 2.53. The van der Waals surface area contributed by atoms with Gasteiger partial charge in [0.25, 0.3) is 0 Å². The number of hydrogen-bond acceptors (Lipinski definition) is 7. The molecule has 4 heterocycles. The molecule has 1 amide bonds. The standard InChI is InChI=1S/C17H18N10O/c1-12(2)27-22-8-15(24-27)23-17(28)10-25-9-13(7-21-25)14-6-16(19-11-18-14)26-5-3-4-20-26/h3-9,11-12H,10H2,1-2H3,(H,23,24,28). The SMILES string of the molecule is CC(C)n1ncc(NC(=O)Cn2cc(-c3cc(-n4cccn4)ncn3)cn2)n1. The van der Waals surface area contributed by atoms with Gasteiger partial charge in [-0.25, -0.2) is 14.6 Å². The minimum Gasteiger partial charge on any atom is -0.306 e. The third-order valence-electron chi connectivity index (χ3n) is 3.86. The van der Waals surface area contributed by atoms with E-state index >= 15 is 0 Å². The van der Waals surface area contributed by atoms with Gasteiger partial charge in [0, 0.05) is 30.2 Å². The minimum absolute atomic E-state index is 0.0473. The highest BCUT2D eigenvalue weighted by atomic mass is 16.2. The van der Waals surface area contributed by atoms with Crippen molar-refractivity contribution in [2.75, 3.05) is 5.32 Å². The molecule has 0 atom stereocenters. The average molecular weight is 378 g/mol. The van der Waals surface area contributed by atoms with Crippen LogP contribution in [0.1, 0.15) is 19.9 Å². The summed E-state index contributed by atoms with van der Waals surface area (Å²) in [6.07, 6.45) is 9.86. The number of amides is 1. The van der Waals surface area contributed by atoms with Gasteiger partial charge in [0.2, 0.25) is 5.91 Å². The third kappa shape index (κ3) is 3.77. The number of carbonyl (C=O) groups is 1. The van der Waals surface area contributed by atoms with Crippen LogP contribution in [-0.4, -0.2) is 50.4 Å². The van der Waals surface area contributed by atoms with Gasteiger partial charge in [-0.3, -0.25) is 9.48 Å². The minimum atomic E-state index is -0.245. The molecule has 0 aliphatic heterocycles. The van der Waals surface area contributed by atoms with Crippen molar-refractivity contribution in [1.82, 2.24) is 44.5 Å². The van der Waals surface area contributed by atoms with Crippen LogP contribution in [0.15, 0.2) is 49.4 Å². The second kappa shape index (κ2) is 7.39. The van der Waals surface area contributed by atoms with E-state index in [1.807, 2.05) is 19.9 Å². The van der Waals surface area contributed by atoms with Crippen LogP contribution in [0.3, 0.4) is 0 Å². The molecule has 1 N–H and O–H groups in total. The molecule has 4 aromatic heterocycles. The van der Waals surface area contributed by atoms with Crippen molar-refractivity contribution in [2.24, 2.45) is 0 Å². The van der Waals surface area contributed by atoms with Crippen LogP contribution >= 0.6 is 0 Å². The van der Waals surface area contributed by atoms with Crippen molar-refractivity contribution in [3.63, 3.8) is 0 Å². The van der Waals surface area contributed by atoms with Crippen LogP contribution in [0, 0.1) is 0 Å². The molecule has 0 aliphatic rings. The van der Waals surface area contributed by atoms with Gasteiger partial charge in [0.05, 0.1) is 24.1 Å². The monoisotopic (exact) mass is 378 g/mol. The molecule has 0 bridgehead atoms. The molecule has 0 spiro atoms. The lowest BCUT2D eigenvalue weighted by molar-refractivity contribution is -0.116. The molecule has 0 fully saturated rings. The Morgan fingerprint density at radius 3 is 2.82 bits per heavy atom. The summed E-state index contributed by atoms with van der Waals surface area (Å²) in [4.78, 5) is 22.2. The number of aromatic nitrogens is 9. The number of hydrogen-bond donors (Lipinski definition) is 1. The second-order valence-corrected chi connectivity index (χ2v) is 6.33. The highest BCUT2D eigenvalue weighted by Crippen LogP contribution is 2.17. The summed E-state index contributed by atoms with van der Waals surface area (Å²) in [5, 5.41) is 19.4. The van der Waals surface area contributed by atoms with Gasteiger partial charge in [-0.1, -0.05) is 0 Å². The Morgan fingerprint density at radius 2 is 2.07 bits per heavy atom. The number of nitrogens with zero attached hydrogens (tertiary/aromatic N) is 9. The van der Waals surface area contributed by atoms with Crippen molar-refractivity contribution in [2.45, 2.75) is 26.4 Å². The van der Waals surface area contributed by atoms with Crippen molar-refractivity contribution in [3.05, 3.63) is 49.4 Å². The third-order valence-corrected chi connectivity index (χ3v) is 3.86. The molecular formula is C17H18N10O. The molecule has 28 heavy (non-hydrogen) atoms. The van der Waals surface area contributed by atoms with E-state index in [9.17, 15) is 4.79 Å². The molecule has 11 heteroatoms. The molecule has 0 saturated heterocycles. The number of rotatable bonds is 6. The number of nitrogens with one attached hydrogen (secondary N) is 1. The number of anilines is 1. The van der Waals surface area contributed by atoms with Crippen LogP contribution in [0.5, 0.6) is 0 Å². The molecule has 0 saturated carbocycles. The first-order valence-electron chi connectivity index (χ1n) is 8.65. The van der Waals surface area contributed by atoms with Crippen molar-refractivity contribution < 1.29 is 4.79 Å². The molecule has 4 rings (SSSR count). The second-order valence-electron chi connectivity index (χ2n) is 6.33. The summed E-state index contributed by atoms with van der Waals surface area (Å²) in [6.45, 7) is 3.97. The summed E-state index contributed by atoms with van der Waals surface area (Å²) in [6, 6.07) is 3.75. The lowest BCUT2D eigenvalue weighted by Gasteiger charge is -2.03. The largest absolute Gasteiger partial charge is 0.306 e. The Balaban J connectivity index is 1.44. The zero-order chi connectivity index (χ0) is 19.5. The highest BCUT2D eigenvalue weighted by molar-refractivity contribution is 5.89. The van der Waals surface area contributed by atoms with E-state index in [0.29, 0.717) is 17.3 Å². The smallest absolute Gasteiger partial charge is 0.247 e. The molecule has 0 aliphatic carbocycles. The Bertz CT molecular complexity index is 1080. The van der Waals surface area contributed by atoms with Gasteiger partial charge >= 0.3 is 0 Å². The van der Waals surface area contributed by atoms with Crippen LogP contribution in [0.25, 0.3) is 17.1 Å². The zero-order valence-electron chi connectivity index (χ0n) is 15.3. The fourth-order valence-electron chi connectivity index (χ4n) is 2.53. The summed E-state index contributed by atoms with van der Waals surface area (Å²) in [5.74, 6) is 0.810. The van der Waals surface area contributed by atoms with E-state index < -0.39 is 0 Å². The van der Waals surface area contributed by atoms with Gasteiger partial charge in [0.1, 0.15) is 12.9 Å². The van der Waals surface area contributed by atoms with Crippen LogP contribution < -0.4 is 5.32 Å². The Hall–Kier alpha value is -3.89. The zero-order valence-corrected chi connectivity index (χ0v) is 15.3. The van der Waals surface area contributed by atoms with Crippen LogP contribution in [-0.2, 0) is 11.3 Å². The van der Waals surface area contributed by atoms with Gasteiger partial charge in [0.15, 0.2) is 11.6 Å². The summed E-state index contributed by atoms with van der Waals surface area (Å²) < 4.78 is 3.18. The topological polar surface area (TPSA) is 121 Å². The van der Waals surface area contributed by atoms with E-state index in [-0.39, 0.29) is 18.5 Å². The molecule has 142 valence electrons. The van der Waals surface area contributed by atoms with Gasteiger partial charge in [-0.2, -0.15) is 20.1 Å². The van der Waals surface area contributed by atoms with E-state index in [0.717, 1.165) is 5.56 Å². The van der Waals surface area contributed by atoms with E-state index in [1.165, 1.54) is 22.0 Å². The predicted octanol–water partition coefficient (Wildman–Crippen LogP) is 1.34. The van der Waals surface area contributed by atoms with Crippen LogP contribution in [0.4, 0.5) is 5.82 Å². The van der Waals surface area contributed by atoms with Crippen molar-refractivity contribution >= 4 is 11.7 Å². The lowest BCUT2D eigenvalue weighted by atomic mass is 10.2. The molecular weight excluding hydrogens is 360 g/mol. The first-order chi connectivity index (χ1) is 13.6. The van der Waals surface area contributed by atoms with Gasteiger partial charge < -0.3 is 5.32 Å². The highest BCUT2D eigenvalue weighted by Gasteiger charge is 2.11.